The fourth-order valence-electron chi connectivity index (χ4n) is 2.02. The Hall–Kier alpha value is -0.300. The molecule has 2 rings (SSSR count). The van der Waals surface area contributed by atoms with Crippen LogP contribution in [-0.2, 0) is 6.42 Å². The van der Waals surface area contributed by atoms with Crippen LogP contribution in [-0.4, -0.2) is 5.33 Å². The Morgan fingerprint density at radius 1 is 1.38 bits per heavy atom. The Balaban J connectivity index is 2.20. The number of aryl methyl sites for hydroxylation is 1. The van der Waals surface area contributed by atoms with Gasteiger partial charge in [0.25, 0.3) is 0 Å². The third-order valence-corrected chi connectivity index (χ3v) is 3.79. The lowest BCUT2D eigenvalue weighted by Crippen LogP contribution is -1.91. The molecule has 1 aromatic rings. The Labute approximate surface area is 88.5 Å². The molecule has 0 heterocycles. The minimum Gasteiger partial charge on any atom is -0.0925 e. The molecule has 0 aromatic heterocycles. The zero-order chi connectivity index (χ0) is 9.26. The number of alkyl halides is 1. The molecule has 0 saturated heterocycles. The van der Waals surface area contributed by atoms with Crippen LogP contribution in [0.15, 0.2) is 24.3 Å². The molecule has 0 radical (unpaired) electrons. The Morgan fingerprint density at radius 2 is 2.15 bits per heavy atom. The van der Waals surface area contributed by atoms with Gasteiger partial charge < -0.3 is 0 Å². The zero-order valence-electron chi connectivity index (χ0n) is 7.96. The highest BCUT2D eigenvalue weighted by Crippen LogP contribution is 2.49. The van der Waals surface area contributed by atoms with E-state index in [2.05, 4.69) is 47.1 Å². The molecule has 1 saturated carbocycles. The first-order chi connectivity index (χ1) is 6.36. The summed E-state index contributed by atoms with van der Waals surface area (Å²) < 4.78 is 0. The van der Waals surface area contributed by atoms with Crippen molar-refractivity contribution < 1.29 is 0 Å². The maximum absolute atomic E-state index is 3.56. The zero-order valence-corrected chi connectivity index (χ0v) is 9.55. The molecule has 1 aliphatic carbocycles. The maximum atomic E-state index is 3.56. The van der Waals surface area contributed by atoms with Crippen molar-refractivity contribution in [2.75, 3.05) is 5.33 Å². The molecule has 0 aliphatic heterocycles. The summed E-state index contributed by atoms with van der Waals surface area (Å²) in [5.74, 6) is 1.74. The van der Waals surface area contributed by atoms with E-state index in [1.165, 1.54) is 18.4 Å². The number of hydrogen-bond acceptors (Lipinski definition) is 0. The van der Waals surface area contributed by atoms with Gasteiger partial charge in [-0.3, -0.25) is 0 Å². The normalized spacial score (nSPS) is 26.0. The van der Waals surface area contributed by atoms with Crippen LogP contribution in [0.5, 0.6) is 0 Å². The van der Waals surface area contributed by atoms with Crippen LogP contribution in [0.4, 0.5) is 0 Å². The van der Waals surface area contributed by atoms with E-state index in [0.717, 1.165) is 17.2 Å². The lowest BCUT2D eigenvalue weighted by molar-refractivity contribution is 0.917. The first-order valence-corrected chi connectivity index (χ1v) is 6.12. The summed E-state index contributed by atoms with van der Waals surface area (Å²) in [4.78, 5) is 0. The number of hydrogen-bond donors (Lipinski definition) is 0. The van der Waals surface area contributed by atoms with E-state index in [1.807, 2.05) is 0 Å². The van der Waals surface area contributed by atoms with Crippen molar-refractivity contribution in [1.82, 2.24) is 0 Å². The topological polar surface area (TPSA) is 0 Å². The summed E-state index contributed by atoms with van der Waals surface area (Å²) in [6.45, 7) is 2.24. The molecule has 0 spiro atoms. The average molecular weight is 239 g/mol. The summed E-state index contributed by atoms with van der Waals surface area (Å²) in [5, 5.41) is 1.16. The molecule has 70 valence electrons. The summed E-state index contributed by atoms with van der Waals surface area (Å²) in [6.07, 6.45) is 2.55. The van der Waals surface area contributed by atoms with Gasteiger partial charge in [-0.2, -0.15) is 0 Å². The first-order valence-electron chi connectivity index (χ1n) is 5.00. The van der Waals surface area contributed by atoms with Gasteiger partial charge in [0.2, 0.25) is 0 Å². The molecule has 0 bridgehead atoms. The van der Waals surface area contributed by atoms with E-state index in [4.69, 9.17) is 0 Å². The number of rotatable bonds is 3. The van der Waals surface area contributed by atoms with Crippen molar-refractivity contribution in [1.29, 1.82) is 0 Å². The lowest BCUT2D eigenvalue weighted by atomic mass is 10.0. The van der Waals surface area contributed by atoms with E-state index in [1.54, 1.807) is 5.56 Å². The molecular weight excluding hydrogens is 224 g/mol. The van der Waals surface area contributed by atoms with Gasteiger partial charge in [0, 0.05) is 5.33 Å². The third-order valence-electron chi connectivity index (χ3n) is 2.96. The van der Waals surface area contributed by atoms with E-state index in [0.29, 0.717) is 0 Å². The minimum atomic E-state index is 0.843. The Kier molecular flexibility index (Phi) is 2.73. The van der Waals surface area contributed by atoms with E-state index in [-0.39, 0.29) is 0 Å². The van der Waals surface area contributed by atoms with Gasteiger partial charge >= 0.3 is 0 Å². The largest absolute Gasteiger partial charge is 0.0925 e. The lowest BCUT2D eigenvalue weighted by Gasteiger charge is -2.05. The van der Waals surface area contributed by atoms with Crippen LogP contribution in [0, 0.1) is 5.92 Å². The van der Waals surface area contributed by atoms with Crippen LogP contribution in [0.1, 0.15) is 30.4 Å². The van der Waals surface area contributed by atoms with Gasteiger partial charge in [0.05, 0.1) is 0 Å². The SMILES string of the molecule is CCc1ccccc1C1CC1CBr. The predicted molar refractivity (Wildman–Crippen MR) is 60.5 cm³/mol. The van der Waals surface area contributed by atoms with Gasteiger partial charge in [-0.1, -0.05) is 47.1 Å². The molecule has 13 heavy (non-hydrogen) atoms. The molecule has 1 heteroatoms. The smallest absolute Gasteiger partial charge is 0.00657 e. The third kappa shape index (κ3) is 1.80. The Morgan fingerprint density at radius 3 is 2.77 bits per heavy atom. The second-order valence-corrected chi connectivity index (χ2v) is 4.46. The minimum absolute atomic E-state index is 0.843. The second-order valence-electron chi connectivity index (χ2n) is 3.81. The Bertz CT molecular complexity index is 293. The monoisotopic (exact) mass is 238 g/mol. The van der Waals surface area contributed by atoms with Crippen molar-refractivity contribution in [3.8, 4) is 0 Å². The molecule has 0 N–H and O–H groups in total. The van der Waals surface area contributed by atoms with Crippen molar-refractivity contribution >= 4 is 15.9 Å². The first kappa shape index (κ1) is 9.26. The fourth-order valence-corrected chi connectivity index (χ4v) is 2.73. The summed E-state index contributed by atoms with van der Waals surface area (Å²) in [7, 11) is 0. The molecule has 2 unspecified atom stereocenters. The highest BCUT2D eigenvalue weighted by atomic mass is 79.9. The predicted octanol–water partition coefficient (Wildman–Crippen LogP) is 3.75. The quantitative estimate of drug-likeness (QED) is 0.705. The van der Waals surface area contributed by atoms with Crippen molar-refractivity contribution in [2.24, 2.45) is 5.92 Å². The molecule has 0 nitrogen and oxygen atoms in total. The second kappa shape index (κ2) is 3.83. The average Bonchev–Trinajstić information content (AvgIpc) is 2.96. The molecule has 0 amide bonds. The van der Waals surface area contributed by atoms with Gasteiger partial charge in [-0.15, -0.1) is 0 Å². The highest BCUT2D eigenvalue weighted by molar-refractivity contribution is 9.09. The van der Waals surface area contributed by atoms with Crippen LogP contribution >= 0.6 is 15.9 Å². The molecule has 2 atom stereocenters. The van der Waals surface area contributed by atoms with Crippen LogP contribution in [0.25, 0.3) is 0 Å². The number of benzene rings is 1. The maximum Gasteiger partial charge on any atom is 0.00657 e. The highest BCUT2D eigenvalue weighted by Gasteiger charge is 2.37. The summed E-state index contributed by atoms with van der Waals surface area (Å²) in [5.41, 5.74) is 3.13. The van der Waals surface area contributed by atoms with Gasteiger partial charge in [-0.05, 0) is 35.8 Å². The molecular formula is C12H15Br. The van der Waals surface area contributed by atoms with Crippen LogP contribution in [0.3, 0.4) is 0 Å². The van der Waals surface area contributed by atoms with E-state index in [9.17, 15) is 0 Å². The van der Waals surface area contributed by atoms with Crippen molar-refractivity contribution in [2.45, 2.75) is 25.7 Å². The summed E-state index contributed by atoms with van der Waals surface area (Å²) >= 11 is 3.56. The van der Waals surface area contributed by atoms with Gasteiger partial charge in [0.15, 0.2) is 0 Å². The van der Waals surface area contributed by atoms with E-state index < -0.39 is 0 Å². The van der Waals surface area contributed by atoms with E-state index >= 15 is 0 Å². The molecule has 1 aromatic carbocycles. The van der Waals surface area contributed by atoms with Crippen LogP contribution in [0.2, 0.25) is 0 Å². The molecule has 1 aliphatic rings. The van der Waals surface area contributed by atoms with Gasteiger partial charge in [-0.25, -0.2) is 0 Å². The summed E-state index contributed by atoms with van der Waals surface area (Å²) in [6, 6.07) is 8.87. The standard InChI is InChI=1S/C12H15Br/c1-2-9-5-3-4-6-11(9)12-7-10(12)8-13/h3-6,10,12H,2,7-8H2,1H3. The fraction of sp³-hybridized carbons (Fsp3) is 0.500. The van der Waals surface area contributed by atoms with Crippen molar-refractivity contribution in [3.63, 3.8) is 0 Å². The van der Waals surface area contributed by atoms with Gasteiger partial charge in [0.1, 0.15) is 0 Å². The number of halogens is 1. The van der Waals surface area contributed by atoms with Crippen molar-refractivity contribution in [3.05, 3.63) is 35.4 Å². The molecule has 1 fully saturated rings. The van der Waals surface area contributed by atoms with Crippen LogP contribution < -0.4 is 0 Å².